The van der Waals surface area contributed by atoms with E-state index in [0.29, 0.717) is 5.56 Å². The van der Waals surface area contributed by atoms with Gasteiger partial charge in [-0.25, -0.2) is 0 Å². The average molecular weight is 418 g/mol. The van der Waals surface area contributed by atoms with Gasteiger partial charge in [0.1, 0.15) is 5.75 Å². The van der Waals surface area contributed by atoms with Crippen molar-refractivity contribution in [2.24, 2.45) is 0 Å². The summed E-state index contributed by atoms with van der Waals surface area (Å²) in [5.74, 6) is -2.47. The van der Waals surface area contributed by atoms with Gasteiger partial charge < -0.3 is 20.5 Å². The van der Waals surface area contributed by atoms with Crippen molar-refractivity contribution in [3.63, 3.8) is 0 Å². The van der Waals surface area contributed by atoms with Crippen molar-refractivity contribution in [2.45, 2.75) is 12.5 Å². The van der Waals surface area contributed by atoms with Crippen LogP contribution in [0.3, 0.4) is 0 Å². The van der Waals surface area contributed by atoms with Gasteiger partial charge in [-0.3, -0.25) is 9.59 Å². The number of anilines is 1. The first-order chi connectivity index (χ1) is 14.2. The second-order valence-electron chi connectivity index (χ2n) is 6.32. The summed E-state index contributed by atoms with van der Waals surface area (Å²) in [4.78, 5) is 24.0. The third-order valence-electron chi connectivity index (χ3n) is 4.19. The number of carbonyl (C=O) groups is 2. The number of benzene rings is 3. The molecule has 0 heterocycles. The van der Waals surface area contributed by atoms with E-state index in [9.17, 15) is 27.9 Å². The number of halogens is 3. The van der Waals surface area contributed by atoms with E-state index in [2.05, 4.69) is 15.4 Å². The number of ether oxygens (including phenoxy) is 1. The van der Waals surface area contributed by atoms with E-state index in [-0.39, 0.29) is 12.2 Å². The molecule has 0 unspecified atom stereocenters. The predicted molar refractivity (Wildman–Crippen MR) is 104 cm³/mol. The number of alkyl halides is 3. The molecule has 0 fully saturated rings. The van der Waals surface area contributed by atoms with Crippen LogP contribution < -0.4 is 15.4 Å². The van der Waals surface area contributed by atoms with Crippen LogP contribution in [-0.2, 0) is 9.59 Å². The molecule has 3 aromatic carbocycles. The third kappa shape index (κ3) is 5.48. The molecule has 0 aliphatic rings. The Balaban J connectivity index is 1.56. The Hall–Kier alpha value is -3.59. The molecule has 1 atom stereocenters. The van der Waals surface area contributed by atoms with Gasteiger partial charge in [-0.15, -0.1) is 13.2 Å². The minimum atomic E-state index is -4.82. The van der Waals surface area contributed by atoms with Crippen molar-refractivity contribution < 1.29 is 32.6 Å². The van der Waals surface area contributed by atoms with Crippen molar-refractivity contribution in [2.75, 3.05) is 11.9 Å². The Morgan fingerprint density at radius 3 is 2.30 bits per heavy atom. The average Bonchev–Trinajstić information content (AvgIpc) is 2.71. The summed E-state index contributed by atoms with van der Waals surface area (Å²) in [7, 11) is 0. The summed E-state index contributed by atoms with van der Waals surface area (Å²) in [5, 5.41) is 16.8. The summed E-state index contributed by atoms with van der Waals surface area (Å²) in [5.41, 5.74) is 0.716. The quantitative estimate of drug-likeness (QED) is 0.554. The summed E-state index contributed by atoms with van der Waals surface area (Å²) >= 11 is 0. The highest BCUT2D eigenvalue weighted by Gasteiger charge is 2.31. The Kier molecular flexibility index (Phi) is 6.22. The van der Waals surface area contributed by atoms with Gasteiger partial charge in [0.15, 0.2) is 0 Å². The Bertz CT molecular complexity index is 1050. The molecule has 0 bridgehead atoms. The maximum atomic E-state index is 12.2. The standard InChI is InChI=1S/C21H17F3N2O4/c22-21(23,24)30-15-10-8-14(9-11-15)26-20(29)19(28)25-12-18(27)17-7-3-5-13-4-1-2-6-16(13)17/h1-11,18,27H,12H2,(H,25,28)(H,26,29)/t18-/m0/s1. The highest BCUT2D eigenvalue weighted by Crippen LogP contribution is 2.25. The van der Waals surface area contributed by atoms with Gasteiger partial charge in [-0.1, -0.05) is 42.5 Å². The van der Waals surface area contributed by atoms with Crippen molar-refractivity contribution in [1.29, 1.82) is 0 Å². The lowest BCUT2D eigenvalue weighted by molar-refractivity contribution is -0.274. The molecule has 3 aromatic rings. The molecule has 2 amide bonds. The predicted octanol–water partition coefficient (Wildman–Crippen LogP) is 3.53. The van der Waals surface area contributed by atoms with Gasteiger partial charge >= 0.3 is 18.2 Å². The second kappa shape index (κ2) is 8.83. The maximum absolute atomic E-state index is 12.2. The van der Waals surface area contributed by atoms with Crippen LogP contribution in [-0.4, -0.2) is 29.8 Å². The molecule has 0 aliphatic heterocycles. The van der Waals surface area contributed by atoms with Crippen LogP contribution in [0.15, 0.2) is 66.7 Å². The molecule has 3 rings (SSSR count). The fourth-order valence-electron chi connectivity index (χ4n) is 2.85. The van der Waals surface area contributed by atoms with E-state index < -0.39 is 30.0 Å². The molecular weight excluding hydrogens is 401 g/mol. The van der Waals surface area contributed by atoms with Gasteiger partial charge in [-0.05, 0) is 40.6 Å². The van der Waals surface area contributed by atoms with Gasteiger partial charge in [0.05, 0.1) is 6.10 Å². The fraction of sp³-hybridized carbons (Fsp3) is 0.143. The Morgan fingerprint density at radius 1 is 0.933 bits per heavy atom. The van der Waals surface area contributed by atoms with Gasteiger partial charge in [0.2, 0.25) is 0 Å². The lowest BCUT2D eigenvalue weighted by Crippen LogP contribution is -2.37. The molecule has 9 heteroatoms. The molecule has 3 N–H and O–H groups in total. The van der Waals surface area contributed by atoms with Gasteiger partial charge in [0, 0.05) is 12.2 Å². The smallest absolute Gasteiger partial charge is 0.406 e. The molecule has 0 aromatic heterocycles. The largest absolute Gasteiger partial charge is 0.573 e. The molecule has 0 saturated carbocycles. The normalized spacial score (nSPS) is 12.3. The van der Waals surface area contributed by atoms with Crippen LogP contribution in [0.5, 0.6) is 5.75 Å². The van der Waals surface area contributed by atoms with E-state index in [1.807, 2.05) is 30.3 Å². The van der Waals surface area contributed by atoms with Crippen molar-refractivity contribution in [3.05, 3.63) is 72.3 Å². The second-order valence-corrected chi connectivity index (χ2v) is 6.32. The number of hydrogen-bond donors (Lipinski definition) is 3. The highest BCUT2D eigenvalue weighted by molar-refractivity contribution is 6.39. The number of fused-ring (bicyclic) bond motifs is 1. The summed E-state index contributed by atoms with van der Waals surface area (Å²) in [6.45, 7) is -0.196. The summed E-state index contributed by atoms with van der Waals surface area (Å²) < 4.78 is 40.2. The van der Waals surface area contributed by atoms with E-state index >= 15 is 0 Å². The first-order valence-corrected chi connectivity index (χ1v) is 8.83. The van der Waals surface area contributed by atoms with Crippen molar-refractivity contribution in [3.8, 4) is 5.75 Å². The number of hydrogen-bond acceptors (Lipinski definition) is 4. The van der Waals surface area contributed by atoms with Gasteiger partial charge in [0.25, 0.3) is 0 Å². The van der Waals surface area contributed by atoms with Crippen LogP contribution in [0, 0.1) is 0 Å². The number of carbonyl (C=O) groups excluding carboxylic acids is 2. The number of aliphatic hydroxyl groups excluding tert-OH is 1. The van der Waals surface area contributed by atoms with Crippen LogP contribution in [0.1, 0.15) is 11.7 Å². The number of nitrogens with one attached hydrogen (secondary N) is 2. The molecule has 0 spiro atoms. The Labute approximate surface area is 169 Å². The number of aliphatic hydroxyl groups is 1. The molecule has 0 saturated heterocycles. The van der Waals surface area contributed by atoms with Crippen molar-refractivity contribution >= 4 is 28.3 Å². The lowest BCUT2D eigenvalue weighted by atomic mass is 10.0. The molecular formula is C21H17F3N2O4. The monoisotopic (exact) mass is 418 g/mol. The third-order valence-corrected chi connectivity index (χ3v) is 4.19. The SMILES string of the molecule is O=C(NC[C@H](O)c1cccc2ccccc12)C(=O)Nc1ccc(OC(F)(F)F)cc1. The van der Waals surface area contributed by atoms with Gasteiger partial charge in [-0.2, -0.15) is 0 Å². The first-order valence-electron chi connectivity index (χ1n) is 8.83. The zero-order valence-electron chi connectivity index (χ0n) is 15.4. The minimum absolute atomic E-state index is 0.110. The molecule has 156 valence electrons. The minimum Gasteiger partial charge on any atom is -0.406 e. The van der Waals surface area contributed by atoms with Crippen LogP contribution in [0.2, 0.25) is 0 Å². The first kappa shape index (κ1) is 21.1. The van der Waals surface area contributed by atoms with E-state index in [1.54, 1.807) is 12.1 Å². The maximum Gasteiger partial charge on any atom is 0.573 e. The number of rotatable bonds is 5. The van der Waals surface area contributed by atoms with Crippen LogP contribution in [0.25, 0.3) is 10.8 Å². The van der Waals surface area contributed by atoms with E-state index in [4.69, 9.17) is 0 Å². The van der Waals surface area contributed by atoms with E-state index in [1.165, 1.54) is 0 Å². The van der Waals surface area contributed by atoms with Crippen LogP contribution >= 0.6 is 0 Å². The topological polar surface area (TPSA) is 87.7 Å². The molecule has 0 aliphatic carbocycles. The Morgan fingerprint density at radius 2 is 1.60 bits per heavy atom. The summed E-state index contributed by atoms with van der Waals surface area (Å²) in [6, 6.07) is 17.2. The number of amides is 2. The fourth-order valence-corrected chi connectivity index (χ4v) is 2.85. The molecule has 0 radical (unpaired) electrons. The van der Waals surface area contributed by atoms with E-state index in [0.717, 1.165) is 35.0 Å². The zero-order chi connectivity index (χ0) is 21.7. The summed E-state index contributed by atoms with van der Waals surface area (Å²) in [6.07, 6.45) is -5.86. The van der Waals surface area contributed by atoms with Crippen LogP contribution in [0.4, 0.5) is 18.9 Å². The lowest BCUT2D eigenvalue weighted by Gasteiger charge is -2.15. The van der Waals surface area contributed by atoms with Crippen molar-refractivity contribution in [1.82, 2.24) is 5.32 Å². The highest BCUT2D eigenvalue weighted by atomic mass is 19.4. The molecule has 30 heavy (non-hydrogen) atoms. The molecule has 6 nitrogen and oxygen atoms in total. The zero-order valence-corrected chi connectivity index (χ0v) is 15.4.